The van der Waals surface area contributed by atoms with Crippen LogP contribution >= 0.6 is 0 Å². The lowest BCUT2D eigenvalue weighted by Gasteiger charge is -2.03. The van der Waals surface area contributed by atoms with Crippen LogP contribution in [0.3, 0.4) is 0 Å². The number of rotatable bonds is 2. The first-order valence-electron chi connectivity index (χ1n) is 6.26. The van der Waals surface area contributed by atoms with Crippen molar-refractivity contribution in [1.82, 2.24) is 4.57 Å². The van der Waals surface area contributed by atoms with Gasteiger partial charge in [-0.05, 0) is 13.8 Å². The van der Waals surface area contributed by atoms with E-state index < -0.39 is 0 Å². The van der Waals surface area contributed by atoms with E-state index in [-0.39, 0.29) is 12.3 Å². The molecule has 1 aromatic rings. The van der Waals surface area contributed by atoms with E-state index in [1.165, 1.54) is 0 Å². The molecule has 0 unspecified atom stereocenters. The molecule has 0 saturated carbocycles. The fourth-order valence-electron chi connectivity index (χ4n) is 1.33. The Morgan fingerprint density at radius 2 is 1.71 bits per heavy atom. The van der Waals surface area contributed by atoms with E-state index >= 15 is 0 Å². The molecule has 0 aliphatic carbocycles. The minimum Gasteiger partial charge on any atom is -0.392 e. The highest BCUT2D eigenvalue weighted by molar-refractivity contribution is 5.02. The number of aromatic nitrogens is 2. The summed E-state index contributed by atoms with van der Waals surface area (Å²) in [5, 5.41) is 8.76. The maximum absolute atomic E-state index is 11.6. The van der Waals surface area contributed by atoms with Crippen LogP contribution in [0.1, 0.15) is 39.1 Å². The van der Waals surface area contributed by atoms with Crippen molar-refractivity contribution in [2.45, 2.75) is 48.1 Å². The van der Waals surface area contributed by atoms with Crippen molar-refractivity contribution in [1.29, 1.82) is 0 Å². The predicted molar refractivity (Wildman–Crippen MR) is 71.1 cm³/mol. The second-order valence-electron chi connectivity index (χ2n) is 3.14. The number of aliphatic hydroxyl groups excluding tert-OH is 1. The molecule has 0 spiro atoms. The van der Waals surface area contributed by atoms with Gasteiger partial charge in [-0.1, -0.05) is 27.7 Å². The number of nitrogens with zero attached hydrogens (tertiary/aromatic N) is 2. The van der Waals surface area contributed by atoms with Gasteiger partial charge < -0.3 is 5.11 Å². The average Bonchev–Trinajstić information content (AvgIpc) is 2.37. The summed E-state index contributed by atoms with van der Waals surface area (Å²) in [6.45, 7) is 12.1. The monoisotopic (exact) mass is 243 g/mol. The molecule has 1 heterocycles. The quantitative estimate of drug-likeness (QED) is 0.797. The Labute approximate surface area is 105 Å². The van der Waals surface area contributed by atoms with Crippen molar-refractivity contribution in [2.24, 2.45) is 7.05 Å². The SMILES string of the molecule is CC.CC.Cc1cc(C)[n+](C)c(=O)n1CCO. The summed E-state index contributed by atoms with van der Waals surface area (Å²) in [5.41, 5.74) is 1.73. The average molecular weight is 243 g/mol. The Hall–Kier alpha value is -1.16. The van der Waals surface area contributed by atoms with Gasteiger partial charge in [0, 0.05) is 6.07 Å². The van der Waals surface area contributed by atoms with Gasteiger partial charge in [0.05, 0.1) is 13.7 Å². The molecule has 0 saturated heterocycles. The van der Waals surface area contributed by atoms with Gasteiger partial charge in [-0.2, -0.15) is 13.9 Å². The Kier molecular flexibility index (Phi) is 10.7. The van der Waals surface area contributed by atoms with Gasteiger partial charge in [0.2, 0.25) is 0 Å². The fraction of sp³-hybridized carbons (Fsp3) is 0.692. The third kappa shape index (κ3) is 5.13. The van der Waals surface area contributed by atoms with E-state index in [1.54, 1.807) is 16.2 Å². The molecule has 0 radical (unpaired) electrons. The summed E-state index contributed by atoms with van der Waals surface area (Å²) in [5.74, 6) is 0. The third-order valence-electron chi connectivity index (χ3n) is 2.21. The molecule has 0 amide bonds. The van der Waals surface area contributed by atoms with Crippen molar-refractivity contribution in [3.63, 3.8) is 0 Å². The lowest BCUT2D eigenvalue weighted by atomic mass is 10.3. The maximum Gasteiger partial charge on any atom is 0.498 e. The normalized spacial score (nSPS) is 8.71. The highest BCUT2D eigenvalue weighted by Crippen LogP contribution is 1.94. The van der Waals surface area contributed by atoms with Crippen LogP contribution < -0.4 is 10.3 Å². The highest BCUT2D eigenvalue weighted by atomic mass is 16.3. The van der Waals surface area contributed by atoms with Crippen molar-refractivity contribution in [3.05, 3.63) is 27.9 Å². The first kappa shape index (κ1) is 18.2. The van der Waals surface area contributed by atoms with E-state index in [0.717, 1.165) is 11.4 Å². The summed E-state index contributed by atoms with van der Waals surface area (Å²) in [4.78, 5) is 11.6. The van der Waals surface area contributed by atoms with Gasteiger partial charge in [-0.25, -0.2) is 0 Å². The van der Waals surface area contributed by atoms with Crippen LogP contribution in [-0.2, 0) is 13.6 Å². The number of hydrogen-bond donors (Lipinski definition) is 1. The minimum absolute atomic E-state index is 0.0101. The highest BCUT2D eigenvalue weighted by Gasteiger charge is 2.12. The summed E-state index contributed by atoms with van der Waals surface area (Å²) >= 11 is 0. The number of aryl methyl sites for hydroxylation is 2. The molecule has 4 heteroatoms. The number of aliphatic hydroxyl groups is 1. The maximum atomic E-state index is 11.6. The molecule has 100 valence electrons. The predicted octanol–water partition coefficient (Wildman–Crippen LogP) is 1.33. The topological polar surface area (TPSA) is 46.1 Å². The van der Waals surface area contributed by atoms with Gasteiger partial charge in [-0.3, -0.25) is 0 Å². The Balaban J connectivity index is 0. The molecule has 17 heavy (non-hydrogen) atoms. The fourth-order valence-corrected chi connectivity index (χ4v) is 1.33. The minimum atomic E-state index is -0.0773. The molecule has 1 rings (SSSR count). The Morgan fingerprint density at radius 3 is 2.12 bits per heavy atom. The molecule has 1 aromatic heterocycles. The van der Waals surface area contributed by atoms with E-state index in [1.807, 2.05) is 47.6 Å². The zero-order valence-electron chi connectivity index (χ0n) is 12.2. The van der Waals surface area contributed by atoms with Crippen LogP contribution in [0.2, 0.25) is 0 Å². The third-order valence-corrected chi connectivity index (χ3v) is 2.21. The van der Waals surface area contributed by atoms with Gasteiger partial charge in [0.25, 0.3) is 0 Å². The van der Waals surface area contributed by atoms with Gasteiger partial charge >= 0.3 is 5.69 Å². The van der Waals surface area contributed by atoms with Crippen molar-refractivity contribution in [3.8, 4) is 0 Å². The summed E-state index contributed by atoms with van der Waals surface area (Å²) < 4.78 is 3.13. The van der Waals surface area contributed by atoms with Gasteiger partial charge in [0.1, 0.15) is 17.9 Å². The summed E-state index contributed by atoms with van der Waals surface area (Å²) in [6.07, 6.45) is 0. The first-order chi connectivity index (χ1) is 8.07. The molecule has 0 aliphatic heterocycles. The van der Waals surface area contributed by atoms with Crippen LogP contribution in [0.4, 0.5) is 0 Å². The Bertz CT molecular complexity index is 370. The van der Waals surface area contributed by atoms with E-state index in [0.29, 0.717) is 6.54 Å². The van der Waals surface area contributed by atoms with E-state index in [9.17, 15) is 4.79 Å². The van der Waals surface area contributed by atoms with Crippen LogP contribution in [0, 0.1) is 13.8 Å². The standard InChI is InChI=1S/C9H15N2O2.2C2H6/c1-7-6-8(2)11(4-5-12)9(13)10(7)3;2*1-2/h6,12H,4-5H2,1-3H3;2*1-2H3/q+1;;. The van der Waals surface area contributed by atoms with Crippen molar-refractivity contribution < 1.29 is 9.67 Å². The van der Waals surface area contributed by atoms with E-state index in [4.69, 9.17) is 5.11 Å². The van der Waals surface area contributed by atoms with E-state index in [2.05, 4.69) is 0 Å². The molecule has 4 nitrogen and oxygen atoms in total. The number of hydrogen-bond acceptors (Lipinski definition) is 2. The molecule has 1 N–H and O–H groups in total. The smallest absolute Gasteiger partial charge is 0.392 e. The Morgan fingerprint density at radius 1 is 1.24 bits per heavy atom. The zero-order valence-corrected chi connectivity index (χ0v) is 12.2. The lowest BCUT2D eigenvalue weighted by Crippen LogP contribution is -2.54. The van der Waals surface area contributed by atoms with Crippen LogP contribution in [0.5, 0.6) is 0 Å². The van der Waals surface area contributed by atoms with Crippen LogP contribution in [0.15, 0.2) is 10.9 Å². The van der Waals surface area contributed by atoms with Crippen LogP contribution in [-0.4, -0.2) is 16.3 Å². The second kappa shape index (κ2) is 10.0. The van der Waals surface area contributed by atoms with Crippen LogP contribution in [0.25, 0.3) is 0 Å². The molecular weight excluding hydrogens is 216 g/mol. The molecule has 0 aromatic carbocycles. The van der Waals surface area contributed by atoms with Crippen molar-refractivity contribution in [2.75, 3.05) is 6.61 Å². The summed E-state index contributed by atoms with van der Waals surface area (Å²) in [6, 6.07) is 1.93. The summed E-state index contributed by atoms with van der Waals surface area (Å²) in [7, 11) is 1.73. The zero-order chi connectivity index (χ0) is 14.0. The second-order valence-corrected chi connectivity index (χ2v) is 3.14. The molecule has 0 fully saturated rings. The molecule has 0 bridgehead atoms. The lowest BCUT2D eigenvalue weighted by molar-refractivity contribution is -0.697. The van der Waals surface area contributed by atoms with Gasteiger partial charge in [-0.15, -0.1) is 0 Å². The molecule has 0 aliphatic rings. The largest absolute Gasteiger partial charge is 0.498 e. The van der Waals surface area contributed by atoms with Crippen molar-refractivity contribution >= 4 is 0 Å². The van der Waals surface area contributed by atoms with Gasteiger partial charge in [0.15, 0.2) is 0 Å². The molecular formula is C13H27N2O2+. The first-order valence-corrected chi connectivity index (χ1v) is 6.26. The molecule has 0 atom stereocenters.